The number of nitrogens with one attached hydrogen (secondary N) is 2. The third kappa shape index (κ3) is 6.72. The van der Waals surface area contributed by atoms with Gasteiger partial charge in [-0.2, -0.15) is 0 Å². The van der Waals surface area contributed by atoms with Crippen LogP contribution in [0, 0.1) is 5.82 Å². The molecule has 134 valence electrons. The predicted octanol–water partition coefficient (Wildman–Crippen LogP) is 3.31. The van der Waals surface area contributed by atoms with Gasteiger partial charge in [0.2, 0.25) is 0 Å². The molecule has 1 atom stereocenters. The second kappa shape index (κ2) is 10.0. The average molecular weight is 364 g/mol. The number of aliphatic imine (C=N–C) groups is 1. The Labute approximate surface area is 152 Å². The Morgan fingerprint density at radius 3 is 2.44 bits per heavy atom. The first-order valence-corrected chi connectivity index (χ1v) is 8.66. The zero-order valence-corrected chi connectivity index (χ0v) is 14.9. The summed E-state index contributed by atoms with van der Waals surface area (Å²) in [4.78, 5) is 4.41. The first kappa shape index (κ1) is 19.2. The number of aliphatic hydroxyl groups excluding tert-OH is 1. The van der Waals surface area contributed by atoms with Crippen molar-refractivity contribution in [1.82, 2.24) is 10.6 Å². The van der Waals surface area contributed by atoms with Crippen LogP contribution in [0.4, 0.5) is 4.39 Å². The van der Waals surface area contributed by atoms with Gasteiger partial charge in [0, 0.05) is 18.1 Å². The second-order valence-corrected chi connectivity index (χ2v) is 6.03. The fraction of sp³-hybridized carbons (Fsp3) is 0.316. The molecule has 0 spiro atoms. The van der Waals surface area contributed by atoms with E-state index in [0.29, 0.717) is 17.5 Å². The summed E-state index contributed by atoms with van der Waals surface area (Å²) in [5, 5.41) is 17.2. The van der Waals surface area contributed by atoms with E-state index < -0.39 is 6.10 Å². The van der Waals surface area contributed by atoms with Crippen molar-refractivity contribution in [2.75, 3.05) is 19.6 Å². The largest absolute Gasteiger partial charge is 0.386 e. The molecule has 0 bridgehead atoms. The molecule has 0 saturated heterocycles. The topological polar surface area (TPSA) is 56.7 Å². The first-order chi connectivity index (χ1) is 12.1. The molecule has 3 N–H and O–H groups in total. The maximum absolute atomic E-state index is 12.9. The van der Waals surface area contributed by atoms with Gasteiger partial charge in [-0.15, -0.1) is 0 Å². The fourth-order valence-corrected chi connectivity index (χ4v) is 2.41. The third-order valence-corrected chi connectivity index (χ3v) is 3.89. The van der Waals surface area contributed by atoms with Crippen LogP contribution in [0.25, 0.3) is 0 Å². The predicted molar refractivity (Wildman–Crippen MR) is 100 cm³/mol. The van der Waals surface area contributed by atoms with Gasteiger partial charge in [-0.3, -0.25) is 4.99 Å². The summed E-state index contributed by atoms with van der Waals surface area (Å²) in [5.41, 5.74) is 1.82. The van der Waals surface area contributed by atoms with Gasteiger partial charge in [0.1, 0.15) is 5.82 Å². The van der Waals surface area contributed by atoms with Gasteiger partial charge < -0.3 is 15.7 Å². The van der Waals surface area contributed by atoms with Gasteiger partial charge in [0.25, 0.3) is 0 Å². The van der Waals surface area contributed by atoms with E-state index in [4.69, 9.17) is 11.6 Å². The number of benzene rings is 2. The van der Waals surface area contributed by atoms with Crippen molar-refractivity contribution in [3.05, 3.63) is 70.5 Å². The highest BCUT2D eigenvalue weighted by Gasteiger charge is 2.07. The Balaban J connectivity index is 1.86. The molecule has 25 heavy (non-hydrogen) atoms. The molecule has 6 heteroatoms. The zero-order valence-electron chi connectivity index (χ0n) is 14.2. The van der Waals surface area contributed by atoms with E-state index in [1.54, 1.807) is 36.4 Å². The Hall–Kier alpha value is -2.11. The van der Waals surface area contributed by atoms with Gasteiger partial charge in [-0.25, -0.2) is 4.39 Å². The molecule has 1 unspecified atom stereocenters. The average Bonchev–Trinajstić information content (AvgIpc) is 2.61. The van der Waals surface area contributed by atoms with Crippen LogP contribution in [0.2, 0.25) is 5.02 Å². The van der Waals surface area contributed by atoms with Gasteiger partial charge in [0.05, 0.1) is 12.6 Å². The Kier molecular flexibility index (Phi) is 7.70. The number of hydrogen-bond donors (Lipinski definition) is 3. The van der Waals surface area contributed by atoms with Crippen LogP contribution in [-0.4, -0.2) is 30.7 Å². The lowest BCUT2D eigenvalue weighted by molar-refractivity contribution is 0.187. The lowest BCUT2D eigenvalue weighted by Crippen LogP contribution is -2.38. The molecule has 2 aromatic rings. The van der Waals surface area contributed by atoms with Crippen molar-refractivity contribution in [2.45, 2.75) is 19.4 Å². The number of nitrogens with zero attached hydrogens (tertiary/aromatic N) is 1. The van der Waals surface area contributed by atoms with E-state index in [2.05, 4.69) is 15.6 Å². The van der Waals surface area contributed by atoms with Crippen molar-refractivity contribution in [2.24, 2.45) is 4.99 Å². The molecule has 2 rings (SSSR count). The summed E-state index contributed by atoms with van der Waals surface area (Å²) in [6.07, 6.45) is 0.0644. The summed E-state index contributed by atoms with van der Waals surface area (Å²) in [5.74, 6) is 0.403. The quantitative estimate of drug-likeness (QED) is 0.522. The van der Waals surface area contributed by atoms with E-state index in [9.17, 15) is 9.50 Å². The van der Waals surface area contributed by atoms with Gasteiger partial charge in [-0.05, 0) is 48.7 Å². The van der Waals surface area contributed by atoms with Crippen molar-refractivity contribution >= 4 is 17.6 Å². The molecule has 2 aromatic carbocycles. The maximum Gasteiger partial charge on any atom is 0.191 e. The van der Waals surface area contributed by atoms with Crippen LogP contribution in [-0.2, 0) is 6.42 Å². The summed E-state index contributed by atoms with van der Waals surface area (Å²) in [6, 6.07) is 13.5. The van der Waals surface area contributed by atoms with Crippen molar-refractivity contribution in [1.29, 1.82) is 0 Å². The number of halogens is 2. The molecule has 0 radical (unpaired) electrons. The van der Waals surface area contributed by atoms with Gasteiger partial charge in [-0.1, -0.05) is 35.9 Å². The minimum atomic E-state index is -0.690. The number of aliphatic hydroxyl groups is 1. The first-order valence-electron chi connectivity index (χ1n) is 8.28. The van der Waals surface area contributed by atoms with Crippen LogP contribution in [0.3, 0.4) is 0 Å². The van der Waals surface area contributed by atoms with Crippen LogP contribution in [0.1, 0.15) is 24.2 Å². The molecule has 0 fully saturated rings. The SMILES string of the molecule is CCNC(=NCC(O)c1ccc(Cl)cc1)NCCc1ccc(F)cc1. The van der Waals surface area contributed by atoms with Crippen LogP contribution < -0.4 is 10.6 Å². The highest BCUT2D eigenvalue weighted by molar-refractivity contribution is 6.30. The standard InChI is InChI=1S/C19H23ClFN3O/c1-2-22-19(23-12-11-14-3-9-17(21)10-4-14)24-13-18(25)15-5-7-16(20)8-6-15/h3-10,18,25H,2,11-13H2,1H3,(H2,22,23,24). The summed E-state index contributed by atoms with van der Waals surface area (Å²) >= 11 is 5.85. The van der Waals surface area contributed by atoms with Gasteiger partial charge in [0.15, 0.2) is 5.96 Å². The van der Waals surface area contributed by atoms with Crippen molar-refractivity contribution in [3.8, 4) is 0 Å². The lowest BCUT2D eigenvalue weighted by atomic mass is 10.1. The van der Waals surface area contributed by atoms with E-state index in [1.807, 2.05) is 6.92 Å². The second-order valence-electron chi connectivity index (χ2n) is 5.59. The third-order valence-electron chi connectivity index (χ3n) is 3.64. The normalized spacial score (nSPS) is 12.7. The van der Waals surface area contributed by atoms with E-state index in [0.717, 1.165) is 24.1 Å². The molecule has 0 heterocycles. The minimum absolute atomic E-state index is 0.234. The van der Waals surface area contributed by atoms with Crippen molar-refractivity contribution in [3.63, 3.8) is 0 Å². The van der Waals surface area contributed by atoms with E-state index in [1.165, 1.54) is 12.1 Å². The molecule has 0 aromatic heterocycles. The number of guanidine groups is 1. The Morgan fingerprint density at radius 1 is 1.12 bits per heavy atom. The summed E-state index contributed by atoms with van der Waals surface area (Å²) in [7, 11) is 0. The van der Waals surface area contributed by atoms with E-state index >= 15 is 0 Å². The number of hydrogen-bond acceptors (Lipinski definition) is 2. The maximum atomic E-state index is 12.9. The molecule has 4 nitrogen and oxygen atoms in total. The van der Waals surface area contributed by atoms with Crippen LogP contribution in [0.15, 0.2) is 53.5 Å². The minimum Gasteiger partial charge on any atom is -0.386 e. The number of rotatable bonds is 7. The van der Waals surface area contributed by atoms with Gasteiger partial charge >= 0.3 is 0 Å². The zero-order chi connectivity index (χ0) is 18.1. The molecular weight excluding hydrogens is 341 g/mol. The van der Waals surface area contributed by atoms with Crippen LogP contribution in [0.5, 0.6) is 0 Å². The highest BCUT2D eigenvalue weighted by atomic mass is 35.5. The van der Waals surface area contributed by atoms with E-state index in [-0.39, 0.29) is 12.4 Å². The molecule has 0 amide bonds. The summed E-state index contributed by atoms with van der Waals surface area (Å²) in [6.45, 7) is 3.61. The Bertz CT molecular complexity index is 674. The molecule has 0 aliphatic rings. The molecule has 0 aliphatic carbocycles. The summed E-state index contributed by atoms with van der Waals surface area (Å²) < 4.78 is 12.9. The highest BCUT2D eigenvalue weighted by Crippen LogP contribution is 2.16. The molecule has 0 saturated carbocycles. The fourth-order valence-electron chi connectivity index (χ4n) is 2.29. The Morgan fingerprint density at radius 2 is 1.80 bits per heavy atom. The molecular formula is C19H23ClFN3O. The lowest BCUT2D eigenvalue weighted by Gasteiger charge is -2.13. The molecule has 0 aliphatic heterocycles. The monoisotopic (exact) mass is 363 g/mol. The van der Waals surface area contributed by atoms with Crippen LogP contribution >= 0.6 is 11.6 Å². The van der Waals surface area contributed by atoms with Crippen molar-refractivity contribution < 1.29 is 9.50 Å². The smallest absolute Gasteiger partial charge is 0.191 e.